The molecule has 0 aromatic rings. The van der Waals surface area contributed by atoms with Gasteiger partial charge in [-0.2, -0.15) is 0 Å². The summed E-state index contributed by atoms with van der Waals surface area (Å²) in [5, 5.41) is 3.42. The lowest BCUT2D eigenvalue weighted by molar-refractivity contribution is 0.194. The van der Waals surface area contributed by atoms with Crippen molar-refractivity contribution in [2.24, 2.45) is 11.8 Å². The summed E-state index contributed by atoms with van der Waals surface area (Å²) in [4.78, 5) is 0. The summed E-state index contributed by atoms with van der Waals surface area (Å²) in [5.74, 6) is 1.65. The molecule has 1 heterocycles. The Labute approximate surface area is 130 Å². The van der Waals surface area contributed by atoms with Crippen LogP contribution in [0.5, 0.6) is 0 Å². The van der Waals surface area contributed by atoms with E-state index in [1.54, 1.807) is 7.11 Å². The van der Waals surface area contributed by atoms with Gasteiger partial charge in [0.15, 0.2) is 9.84 Å². The second-order valence-corrected chi connectivity index (χ2v) is 8.55. The van der Waals surface area contributed by atoms with Crippen molar-refractivity contribution in [3.63, 3.8) is 0 Å². The van der Waals surface area contributed by atoms with Gasteiger partial charge in [0.05, 0.1) is 18.1 Å². The minimum Gasteiger partial charge on any atom is -0.383 e. The van der Waals surface area contributed by atoms with Gasteiger partial charge in [-0.3, -0.25) is 0 Å². The van der Waals surface area contributed by atoms with Crippen molar-refractivity contribution in [1.29, 1.82) is 0 Å². The van der Waals surface area contributed by atoms with Crippen LogP contribution in [0.1, 0.15) is 51.9 Å². The lowest BCUT2D eigenvalue weighted by atomic mass is 9.87. The van der Waals surface area contributed by atoms with Crippen LogP contribution in [0.3, 0.4) is 0 Å². The van der Waals surface area contributed by atoms with Crippen LogP contribution in [0.4, 0.5) is 0 Å². The molecule has 1 saturated heterocycles. The molecule has 0 saturated carbocycles. The van der Waals surface area contributed by atoms with Crippen molar-refractivity contribution in [2.75, 3.05) is 38.3 Å². The van der Waals surface area contributed by atoms with E-state index in [2.05, 4.69) is 12.2 Å². The van der Waals surface area contributed by atoms with Crippen LogP contribution in [0.2, 0.25) is 0 Å². The molecule has 1 fully saturated rings. The number of methoxy groups -OCH3 is 1. The van der Waals surface area contributed by atoms with Crippen molar-refractivity contribution in [3.8, 4) is 0 Å². The van der Waals surface area contributed by atoms with E-state index in [-0.39, 0.29) is 0 Å². The molecule has 1 rings (SSSR count). The average Bonchev–Trinajstić information content (AvgIpc) is 2.81. The number of unbranched alkanes of at least 4 members (excludes halogenated alkanes) is 4. The molecular formula is C16H33NO3S. The third kappa shape index (κ3) is 8.17. The lowest BCUT2D eigenvalue weighted by Crippen LogP contribution is -2.31. The monoisotopic (exact) mass is 319 g/mol. The zero-order chi connectivity index (χ0) is 15.6. The maximum atomic E-state index is 11.7. The topological polar surface area (TPSA) is 55.4 Å². The Bertz CT molecular complexity index is 357. The van der Waals surface area contributed by atoms with Crippen molar-refractivity contribution in [3.05, 3.63) is 0 Å². The second kappa shape index (κ2) is 10.6. The molecule has 1 aliphatic heterocycles. The minimum atomic E-state index is -2.77. The number of nitrogens with one attached hydrogen (secondary N) is 1. The largest absolute Gasteiger partial charge is 0.383 e. The molecule has 1 aliphatic rings. The maximum Gasteiger partial charge on any atom is 0.150 e. The van der Waals surface area contributed by atoms with Crippen LogP contribution >= 0.6 is 0 Å². The number of sulfone groups is 1. The van der Waals surface area contributed by atoms with Crippen LogP contribution in [0, 0.1) is 11.8 Å². The smallest absolute Gasteiger partial charge is 0.150 e. The van der Waals surface area contributed by atoms with E-state index in [0.29, 0.717) is 29.9 Å². The van der Waals surface area contributed by atoms with E-state index >= 15 is 0 Å². The molecular weight excluding hydrogens is 286 g/mol. The summed E-state index contributed by atoms with van der Waals surface area (Å²) in [5.41, 5.74) is 0. The van der Waals surface area contributed by atoms with Gasteiger partial charge < -0.3 is 10.1 Å². The van der Waals surface area contributed by atoms with Gasteiger partial charge in [0.1, 0.15) is 0 Å². The number of rotatable bonds is 12. The fourth-order valence-corrected chi connectivity index (χ4v) is 5.09. The van der Waals surface area contributed by atoms with Crippen LogP contribution in [0.15, 0.2) is 0 Å². The standard InChI is InChI=1S/C16H33NO3S/c1-3-4-5-6-7-8-15(13-17-10-11-20-2)16-9-12-21(18,19)14-16/h15-17H,3-14H2,1-2H3. The van der Waals surface area contributed by atoms with Crippen molar-refractivity contribution < 1.29 is 13.2 Å². The average molecular weight is 320 g/mol. The summed E-state index contributed by atoms with van der Waals surface area (Å²) >= 11 is 0. The van der Waals surface area contributed by atoms with Crippen LogP contribution in [-0.4, -0.2) is 46.7 Å². The highest BCUT2D eigenvalue weighted by molar-refractivity contribution is 7.91. The molecule has 0 aliphatic carbocycles. The first-order valence-corrected chi connectivity index (χ1v) is 10.3. The van der Waals surface area contributed by atoms with E-state index < -0.39 is 9.84 Å². The van der Waals surface area contributed by atoms with Gasteiger partial charge in [0, 0.05) is 13.7 Å². The van der Waals surface area contributed by atoms with Crippen LogP contribution in [0.25, 0.3) is 0 Å². The lowest BCUT2D eigenvalue weighted by Gasteiger charge is -2.23. The van der Waals surface area contributed by atoms with E-state index in [1.165, 1.54) is 32.1 Å². The van der Waals surface area contributed by atoms with Gasteiger partial charge in [-0.15, -0.1) is 0 Å². The first kappa shape index (κ1) is 18.9. The first-order valence-electron chi connectivity index (χ1n) is 8.49. The molecule has 21 heavy (non-hydrogen) atoms. The predicted molar refractivity (Wildman–Crippen MR) is 88.4 cm³/mol. The molecule has 5 heteroatoms. The number of ether oxygens (including phenoxy) is 1. The van der Waals surface area contributed by atoms with Crippen LogP contribution < -0.4 is 5.32 Å². The third-order valence-electron chi connectivity index (χ3n) is 4.50. The zero-order valence-electron chi connectivity index (χ0n) is 13.8. The minimum absolute atomic E-state index is 0.358. The highest BCUT2D eigenvalue weighted by atomic mass is 32.2. The summed E-state index contributed by atoms with van der Waals surface area (Å²) in [6.45, 7) is 4.72. The summed E-state index contributed by atoms with van der Waals surface area (Å²) in [6.07, 6.45) is 8.41. The van der Waals surface area contributed by atoms with E-state index in [9.17, 15) is 8.42 Å². The molecule has 0 spiro atoms. The van der Waals surface area contributed by atoms with Gasteiger partial charge in [-0.1, -0.05) is 39.0 Å². The maximum absolute atomic E-state index is 11.7. The Morgan fingerprint density at radius 1 is 1.24 bits per heavy atom. The fourth-order valence-electron chi connectivity index (χ4n) is 3.17. The number of hydrogen-bond acceptors (Lipinski definition) is 4. The molecule has 0 aromatic carbocycles. The molecule has 1 N–H and O–H groups in total. The van der Waals surface area contributed by atoms with E-state index in [4.69, 9.17) is 4.74 Å². The van der Waals surface area contributed by atoms with E-state index in [1.807, 2.05) is 0 Å². The molecule has 2 unspecified atom stereocenters. The molecule has 4 nitrogen and oxygen atoms in total. The van der Waals surface area contributed by atoms with Gasteiger partial charge in [0.25, 0.3) is 0 Å². The fraction of sp³-hybridized carbons (Fsp3) is 1.00. The highest BCUT2D eigenvalue weighted by Gasteiger charge is 2.33. The zero-order valence-corrected chi connectivity index (χ0v) is 14.6. The molecule has 0 amide bonds. The van der Waals surface area contributed by atoms with Crippen molar-refractivity contribution >= 4 is 9.84 Å². The molecule has 0 bridgehead atoms. The molecule has 126 valence electrons. The van der Waals surface area contributed by atoms with Gasteiger partial charge in [-0.05, 0) is 31.2 Å². The quantitative estimate of drug-likeness (QED) is 0.562. The Kier molecular flexibility index (Phi) is 9.52. The molecule has 2 atom stereocenters. The van der Waals surface area contributed by atoms with Gasteiger partial charge >= 0.3 is 0 Å². The Morgan fingerprint density at radius 2 is 2.00 bits per heavy atom. The van der Waals surface area contributed by atoms with Crippen LogP contribution in [-0.2, 0) is 14.6 Å². The first-order chi connectivity index (χ1) is 10.1. The summed E-state index contributed by atoms with van der Waals surface area (Å²) < 4.78 is 28.4. The molecule has 0 radical (unpaired) electrons. The molecule has 0 aromatic heterocycles. The summed E-state index contributed by atoms with van der Waals surface area (Å²) in [6, 6.07) is 0. The Hall–Kier alpha value is -0.130. The third-order valence-corrected chi connectivity index (χ3v) is 6.30. The predicted octanol–water partition coefficient (Wildman–Crippen LogP) is 2.63. The highest BCUT2D eigenvalue weighted by Crippen LogP contribution is 2.29. The van der Waals surface area contributed by atoms with Gasteiger partial charge in [-0.25, -0.2) is 8.42 Å². The summed E-state index contributed by atoms with van der Waals surface area (Å²) in [7, 11) is -1.06. The van der Waals surface area contributed by atoms with Crippen molar-refractivity contribution in [1.82, 2.24) is 5.32 Å². The Morgan fingerprint density at radius 3 is 2.62 bits per heavy atom. The SMILES string of the molecule is CCCCCCCC(CNCCOC)C1CCS(=O)(=O)C1. The number of hydrogen-bond donors (Lipinski definition) is 1. The second-order valence-electron chi connectivity index (χ2n) is 6.32. The normalized spacial score (nSPS) is 22.5. The van der Waals surface area contributed by atoms with Crippen molar-refractivity contribution in [2.45, 2.75) is 51.9 Å². The van der Waals surface area contributed by atoms with Gasteiger partial charge in [0.2, 0.25) is 0 Å². The van der Waals surface area contributed by atoms with E-state index in [0.717, 1.165) is 25.9 Å². The Balaban J connectivity index is 2.34.